The van der Waals surface area contributed by atoms with Crippen molar-refractivity contribution in [1.82, 2.24) is 15.8 Å². The lowest BCUT2D eigenvalue weighted by molar-refractivity contribution is -0.124. The number of hydrazine groups is 1. The van der Waals surface area contributed by atoms with Crippen molar-refractivity contribution >= 4 is 12.0 Å². The molecule has 6 nitrogen and oxygen atoms in total. The van der Waals surface area contributed by atoms with Gasteiger partial charge < -0.3 is 14.4 Å². The molecule has 0 aliphatic carbocycles. The molecule has 2 aliphatic rings. The number of fused-ring (bicyclic) bond motifs is 1. The van der Waals surface area contributed by atoms with E-state index in [-0.39, 0.29) is 24.6 Å². The maximum atomic E-state index is 13.1. The molecule has 2 N–H and O–H groups in total. The minimum Gasteiger partial charge on any atom is -0.454 e. The topological polar surface area (TPSA) is 62.8 Å². The van der Waals surface area contributed by atoms with Gasteiger partial charge in [0.05, 0.1) is 0 Å². The van der Waals surface area contributed by atoms with Crippen molar-refractivity contribution in [3.63, 3.8) is 0 Å². The van der Waals surface area contributed by atoms with E-state index in [4.69, 9.17) is 9.47 Å². The maximum Gasteiger partial charge on any atom is 0.246 e. The van der Waals surface area contributed by atoms with E-state index in [1.165, 1.54) is 12.1 Å². The summed E-state index contributed by atoms with van der Waals surface area (Å²) in [6, 6.07) is 12.7. The van der Waals surface area contributed by atoms with E-state index >= 15 is 0 Å². The van der Waals surface area contributed by atoms with Gasteiger partial charge in [0.2, 0.25) is 12.7 Å². The summed E-state index contributed by atoms with van der Waals surface area (Å²) in [5.41, 5.74) is 8.56. The molecule has 2 atom stereocenters. The van der Waals surface area contributed by atoms with Gasteiger partial charge in [0.15, 0.2) is 11.5 Å². The number of hydrogen-bond donors (Lipinski definition) is 2. The van der Waals surface area contributed by atoms with Crippen molar-refractivity contribution in [3.05, 3.63) is 65.5 Å². The molecular formula is C23H26FN3O3. The van der Waals surface area contributed by atoms with E-state index in [0.717, 1.165) is 36.1 Å². The number of nitrogens with one attached hydrogen (secondary N) is 2. The van der Waals surface area contributed by atoms with Crippen LogP contribution in [-0.2, 0) is 4.79 Å². The Labute approximate surface area is 175 Å². The molecule has 2 unspecified atom stereocenters. The molecule has 2 aliphatic heterocycles. The Morgan fingerprint density at radius 2 is 1.97 bits per heavy atom. The first-order valence-electron chi connectivity index (χ1n) is 10.2. The fourth-order valence-electron chi connectivity index (χ4n) is 3.72. The number of carbonyl (C=O) groups is 1. The predicted octanol–water partition coefficient (Wildman–Crippen LogP) is 3.41. The number of hydrogen-bond acceptors (Lipinski definition) is 5. The number of nitrogens with zero attached hydrogens (tertiary/aromatic N) is 1. The number of halogens is 1. The highest BCUT2D eigenvalue weighted by molar-refractivity contribution is 5.91. The molecule has 0 saturated carbocycles. The van der Waals surface area contributed by atoms with Crippen molar-refractivity contribution < 1.29 is 18.7 Å². The normalized spacial score (nSPS) is 20.1. The largest absolute Gasteiger partial charge is 0.454 e. The monoisotopic (exact) mass is 411 g/mol. The third-order valence-electron chi connectivity index (χ3n) is 5.49. The summed E-state index contributed by atoms with van der Waals surface area (Å²) in [6.45, 7) is 0.921. The molecule has 2 aromatic rings. The highest BCUT2D eigenvalue weighted by Crippen LogP contribution is 2.32. The van der Waals surface area contributed by atoms with Crippen LogP contribution in [0.3, 0.4) is 0 Å². The van der Waals surface area contributed by atoms with Crippen LogP contribution in [-0.4, -0.2) is 37.2 Å². The quantitative estimate of drug-likeness (QED) is 0.684. The van der Waals surface area contributed by atoms with Gasteiger partial charge in [-0.25, -0.2) is 4.39 Å². The van der Waals surface area contributed by atoms with Gasteiger partial charge in [-0.05, 0) is 60.7 Å². The summed E-state index contributed by atoms with van der Waals surface area (Å²) < 4.78 is 23.7. The number of benzene rings is 2. The lowest BCUT2D eigenvalue weighted by atomic mass is 9.99. The van der Waals surface area contributed by atoms with E-state index < -0.39 is 0 Å². The minimum absolute atomic E-state index is 0.0330. The zero-order valence-electron chi connectivity index (χ0n) is 16.9. The molecule has 158 valence electrons. The lowest BCUT2D eigenvalue weighted by Gasteiger charge is -2.16. The fraction of sp³-hybridized carbons (Fsp3) is 0.348. The average molecular weight is 411 g/mol. The number of likely N-dealkylation sites (N-methyl/N-ethyl adjacent to an activating group) is 1. The molecule has 0 spiro atoms. The van der Waals surface area contributed by atoms with Crippen molar-refractivity contribution in [2.45, 2.75) is 31.3 Å². The molecule has 7 heteroatoms. The molecule has 1 saturated heterocycles. The van der Waals surface area contributed by atoms with E-state index in [0.29, 0.717) is 18.3 Å². The van der Waals surface area contributed by atoms with Gasteiger partial charge >= 0.3 is 0 Å². The van der Waals surface area contributed by atoms with Gasteiger partial charge in [-0.1, -0.05) is 18.2 Å². The number of rotatable bonds is 7. The van der Waals surface area contributed by atoms with Crippen LogP contribution in [0.25, 0.3) is 6.08 Å². The molecular weight excluding hydrogens is 385 g/mol. The highest BCUT2D eigenvalue weighted by atomic mass is 19.1. The van der Waals surface area contributed by atoms with E-state index in [1.54, 1.807) is 17.1 Å². The molecule has 0 aromatic heterocycles. The number of carbonyl (C=O) groups excluding carboxylic acids is 1. The Balaban J connectivity index is 1.19. The molecule has 2 aromatic carbocycles. The predicted molar refractivity (Wildman–Crippen MR) is 112 cm³/mol. The first-order valence-corrected chi connectivity index (χ1v) is 10.2. The Morgan fingerprint density at radius 3 is 2.80 bits per heavy atom. The zero-order valence-corrected chi connectivity index (χ0v) is 16.9. The van der Waals surface area contributed by atoms with Gasteiger partial charge in [-0.2, -0.15) is 0 Å². The maximum absolute atomic E-state index is 13.1. The minimum atomic E-state index is -0.221. The summed E-state index contributed by atoms with van der Waals surface area (Å²) in [6.07, 6.45) is 6.16. The Bertz CT molecular complexity index is 916. The van der Waals surface area contributed by atoms with Gasteiger partial charge in [0, 0.05) is 31.8 Å². The van der Waals surface area contributed by atoms with E-state index in [9.17, 15) is 9.18 Å². The molecule has 1 fully saturated rings. The number of ether oxygens (including phenoxy) is 2. The van der Waals surface area contributed by atoms with Crippen molar-refractivity contribution in [1.29, 1.82) is 0 Å². The highest BCUT2D eigenvalue weighted by Gasteiger charge is 2.24. The van der Waals surface area contributed by atoms with Crippen molar-refractivity contribution in [2.75, 3.05) is 20.4 Å². The average Bonchev–Trinajstić information content (AvgIpc) is 3.41. The summed E-state index contributed by atoms with van der Waals surface area (Å²) in [5, 5.41) is 0. The first-order chi connectivity index (χ1) is 14.6. The third kappa shape index (κ3) is 4.98. The van der Waals surface area contributed by atoms with Crippen LogP contribution >= 0.6 is 0 Å². The second-order valence-corrected chi connectivity index (χ2v) is 7.67. The molecule has 1 amide bonds. The van der Waals surface area contributed by atoms with Crippen molar-refractivity contribution in [3.8, 4) is 11.5 Å². The van der Waals surface area contributed by atoms with Crippen LogP contribution in [0.2, 0.25) is 0 Å². The Hall–Kier alpha value is -2.90. The van der Waals surface area contributed by atoms with Gasteiger partial charge in [0.25, 0.3) is 0 Å². The van der Waals surface area contributed by atoms with Crippen LogP contribution < -0.4 is 20.3 Å². The molecule has 30 heavy (non-hydrogen) atoms. The van der Waals surface area contributed by atoms with Crippen LogP contribution in [0.1, 0.15) is 36.4 Å². The standard InChI is InChI=1S/C23H26FN3O3/c1-27(23(28)11-5-16-4-10-21-22(13-16)30-15-29-21)12-2-3-19-14-20(26-25-19)17-6-8-18(24)9-7-17/h4-11,13,19-20,25-26H,2-3,12,14-15H2,1H3/b11-5+. The van der Waals surface area contributed by atoms with Crippen LogP contribution in [0.5, 0.6) is 11.5 Å². The van der Waals surface area contributed by atoms with Crippen LogP contribution in [0, 0.1) is 5.82 Å². The molecule has 0 bridgehead atoms. The van der Waals surface area contributed by atoms with Crippen LogP contribution in [0.15, 0.2) is 48.5 Å². The van der Waals surface area contributed by atoms with Gasteiger partial charge in [-0.15, -0.1) is 0 Å². The molecule has 0 radical (unpaired) electrons. The smallest absolute Gasteiger partial charge is 0.246 e. The second-order valence-electron chi connectivity index (χ2n) is 7.67. The fourth-order valence-corrected chi connectivity index (χ4v) is 3.72. The summed E-state index contributed by atoms with van der Waals surface area (Å²) in [4.78, 5) is 14.1. The van der Waals surface area contributed by atoms with Crippen LogP contribution in [0.4, 0.5) is 4.39 Å². The van der Waals surface area contributed by atoms with Gasteiger partial charge in [0.1, 0.15) is 5.82 Å². The van der Waals surface area contributed by atoms with Gasteiger partial charge in [-0.3, -0.25) is 15.6 Å². The second kappa shape index (κ2) is 9.28. The first kappa shape index (κ1) is 20.4. The number of amides is 1. The Kier molecular flexibility index (Phi) is 6.30. The molecule has 2 heterocycles. The molecule has 4 rings (SSSR count). The van der Waals surface area contributed by atoms with Crippen molar-refractivity contribution in [2.24, 2.45) is 0 Å². The lowest BCUT2D eigenvalue weighted by Crippen LogP contribution is -2.32. The Morgan fingerprint density at radius 1 is 1.17 bits per heavy atom. The summed E-state index contributed by atoms with van der Waals surface area (Å²) in [7, 11) is 1.81. The third-order valence-corrected chi connectivity index (χ3v) is 5.49. The van der Waals surface area contributed by atoms with E-state index in [2.05, 4.69) is 10.9 Å². The zero-order chi connectivity index (χ0) is 20.9. The SMILES string of the molecule is CN(CCCC1CC(c2ccc(F)cc2)NN1)C(=O)/C=C/c1ccc2c(c1)OCO2. The summed E-state index contributed by atoms with van der Waals surface area (Å²) in [5.74, 6) is 1.18. The summed E-state index contributed by atoms with van der Waals surface area (Å²) >= 11 is 0. The van der Waals surface area contributed by atoms with E-state index in [1.807, 2.05) is 37.4 Å².